The molecule has 1 aliphatic heterocycles. The summed E-state index contributed by atoms with van der Waals surface area (Å²) in [6.45, 7) is 0.655. The molecular weight excluding hydrogens is 194 g/mol. The van der Waals surface area contributed by atoms with Crippen LogP contribution in [0.5, 0.6) is 0 Å². The van der Waals surface area contributed by atoms with Crippen molar-refractivity contribution >= 4 is 6.09 Å². The van der Waals surface area contributed by atoms with Crippen LogP contribution in [0, 0.1) is 0 Å². The van der Waals surface area contributed by atoms with Gasteiger partial charge in [0.1, 0.15) is 0 Å². The monoisotopic (exact) mass is 207 g/mol. The standard InChI is InChI=1S/C11H13NO3/c13-8-15-11(14)12-6-5-9-3-1-2-4-10(9)7-12/h1-4,13H,5-8H2. The van der Waals surface area contributed by atoms with Crippen molar-refractivity contribution in [3.8, 4) is 0 Å². The Hall–Kier alpha value is -1.55. The van der Waals surface area contributed by atoms with E-state index in [0.29, 0.717) is 13.1 Å². The van der Waals surface area contributed by atoms with Crippen molar-refractivity contribution in [2.24, 2.45) is 0 Å². The lowest BCUT2D eigenvalue weighted by atomic mass is 10.0. The Morgan fingerprint density at radius 3 is 2.87 bits per heavy atom. The van der Waals surface area contributed by atoms with Crippen LogP contribution in [0.3, 0.4) is 0 Å². The largest absolute Gasteiger partial charge is 0.422 e. The van der Waals surface area contributed by atoms with Crippen LogP contribution in [0.4, 0.5) is 4.79 Å². The van der Waals surface area contributed by atoms with Gasteiger partial charge in [-0.05, 0) is 17.5 Å². The van der Waals surface area contributed by atoms with Gasteiger partial charge in [-0.15, -0.1) is 0 Å². The lowest BCUT2D eigenvalue weighted by Gasteiger charge is -2.27. The fourth-order valence-corrected chi connectivity index (χ4v) is 1.80. The summed E-state index contributed by atoms with van der Waals surface area (Å²) in [5.74, 6) is 0. The molecule has 0 saturated carbocycles. The van der Waals surface area contributed by atoms with Crippen molar-refractivity contribution in [3.05, 3.63) is 35.4 Å². The molecular formula is C11H13NO3. The maximum atomic E-state index is 11.4. The van der Waals surface area contributed by atoms with Crippen LogP contribution in [-0.4, -0.2) is 29.4 Å². The Balaban J connectivity index is 2.08. The molecule has 2 rings (SSSR count). The van der Waals surface area contributed by atoms with E-state index in [2.05, 4.69) is 10.8 Å². The molecule has 80 valence electrons. The zero-order valence-electron chi connectivity index (χ0n) is 8.35. The van der Waals surface area contributed by atoms with Gasteiger partial charge < -0.3 is 14.7 Å². The quantitative estimate of drug-likeness (QED) is 0.702. The highest BCUT2D eigenvalue weighted by Crippen LogP contribution is 2.18. The number of aliphatic hydroxyl groups excluding tert-OH is 1. The van der Waals surface area contributed by atoms with E-state index < -0.39 is 12.9 Å². The van der Waals surface area contributed by atoms with E-state index in [1.54, 1.807) is 4.90 Å². The SMILES string of the molecule is O=C(OCO)N1CCc2ccccc2C1. The Kier molecular flexibility index (Phi) is 2.87. The Bertz CT molecular complexity index is 365. The van der Waals surface area contributed by atoms with Crippen molar-refractivity contribution < 1.29 is 14.6 Å². The molecule has 1 aliphatic rings. The molecule has 1 amide bonds. The van der Waals surface area contributed by atoms with Crippen molar-refractivity contribution in [3.63, 3.8) is 0 Å². The maximum Gasteiger partial charge on any atom is 0.412 e. The summed E-state index contributed by atoms with van der Waals surface area (Å²) in [6.07, 6.45) is 0.392. The number of rotatable bonds is 1. The smallest absolute Gasteiger partial charge is 0.412 e. The molecule has 1 aromatic carbocycles. The number of amides is 1. The summed E-state index contributed by atoms with van der Waals surface area (Å²) in [5.41, 5.74) is 2.43. The lowest BCUT2D eigenvalue weighted by Crippen LogP contribution is -2.36. The minimum atomic E-state index is -0.559. The fraction of sp³-hybridized carbons (Fsp3) is 0.364. The van der Waals surface area contributed by atoms with Crippen LogP contribution in [0.15, 0.2) is 24.3 Å². The van der Waals surface area contributed by atoms with E-state index in [9.17, 15) is 4.79 Å². The van der Waals surface area contributed by atoms with E-state index in [1.165, 1.54) is 5.56 Å². The molecule has 0 unspecified atom stereocenters. The molecule has 0 aromatic heterocycles. The Morgan fingerprint density at radius 1 is 1.40 bits per heavy atom. The van der Waals surface area contributed by atoms with Crippen LogP contribution < -0.4 is 0 Å². The first-order chi connectivity index (χ1) is 7.31. The van der Waals surface area contributed by atoms with Gasteiger partial charge in [-0.25, -0.2) is 4.79 Å². The predicted octanol–water partition coefficient (Wildman–Crippen LogP) is 1.13. The van der Waals surface area contributed by atoms with Crippen molar-refractivity contribution in [1.82, 2.24) is 4.90 Å². The molecule has 0 saturated heterocycles. The average molecular weight is 207 g/mol. The first kappa shape index (κ1) is 9.98. The van der Waals surface area contributed by atoms with E-state index in [4.69, 9.17) is 5.11 Å². The molecule has 1 aromatic rings. The number of hydrogen-bond acceptors (Lipinski definition) is 3. The van der Waals surface area contributed by atoms with Gasteiger partial charge in [0.25, 0.3) is 0 Å². The van der Waals surface area contributed by atoms with Crippen LogP contribution in [0.2, 0.25) is 0 Å². The molecule has 0 radical (unpaired) electrons. The van der Waals surface area contributed by atoms with E-state index >= 15 is 0 Å². The first-order valence-corrected chi connectivity index (χ1v) is 4.90. The molecule has 15 heavy (non-hydrogen) atoms. The maximum absolute atomic E-state index is 11.4. The second kappa shape index (κ2) is 4.31. The summed E-state index contributed by atoms with van der Waals surface area (Å²) in [6, 6.07) is 8.04. The summed E-state index contributed by atoms with van der Waals surface area (Å²) in [4.78, 5) is 12.9. The van der Waals surface area contributed by atoms with Gasteiger partial charge in [-0.1, -0.05) is 24.3 Å². The highest BCUT2D eigenvalue weighted by atomic mass is 16.6. The summed E-state index contributed by atoms with van der Waals surface area (Å²) >= 11 is 0. The number of aliphatic hydroxyl groups is 1. The van der Waals surface area contributed by atoms with Gasteiger partial charge in [0.2, 0.25) is 0 Å². The van der Waals surface area contributed by atoms with E-state index in [-0.39, 0.29) is 0 Å². The minimum Gasteiger partial charge on any atom is -0.422 e. The molecule has 0 bridgehead atoms. The van der Waals surface area contributed by atoms with E-state index in [0.717, 1.165) is 12.0 Å². The van der Waals surface area contributed by atoms with E-state index in [1.807, 2.05) is 18.2 Å². The highest BCUT2D eigenvalue weighted by molar-refractivity contribution is 5.68. The normalized spacial score (nSPS) is 14.6. The number of carbonyl (C=O) groups excluding carboxylic acids is 1. The number of nitrogens with zero attached hydrogens (tertiary/aromatic N) is 1. The molecule has 4 nitrogen and oxygen atoms in total. The number of hydrogen-bond donors (Lipinski definition) is 1. The van der Waals surface area contributed by atoms with Gasteiger partial charge in [0.05, 0.1) is 0 Å². The highest BCUT2D eigenvalue weighted by Gasteiger charge is 2.20. The molecule has 0 fully saturated rings. The van der Waals surface area contributed by atoms with Gasteiger partial charge in [-0.3, -0.25) is 0 Å². The van der Waals surface area contributed by atoms with Crippen LogP contribution in [0.1, 0.15) is 11.1 Å². The fourth-order valence-electron chi connectivity index (χ4n) is 1.80. The number of carbonyl (C=O) groups is 1. The van der Waals surface area contributed by atoms with Gasteiger partial charge in [-0.2, -0.15) is 0 Å². The Labute approximate surface area is 88.1 Å². The van der Waals surface area contributed by atoms with Crippen LogP contribution in [-0.2, 0) is 17.7 Å². The zero-order chi connectivity index (χ0) is 10.7. The number of benzene rings is 1. The van der Waals surface area contributed by atoms with Gasteiger partial charge in [0.15, 0.2) is 6.79 Å². The van der Waals surface area contributed by atoms with Crippen molar-refractivity contribution in [2.45, 2.75) is 13.0 Å². The van der Waals surface area contributed by atoms with Crippen molar-refractivity contribution in [2.75, 3.05) is 13.3 Å². The Morgan fingerprint density at radius 2 is 2.13 bits per heavy atom. The third kappa shape index (κ3) is 2.10. The van der Waals surface area contributed by atoms with Gasteiger partial charge >= 0.3 is 6.09 Å². The van der Waals surface area contributed by atoms with Crippen molar-refractivity contribution in [1.29, 1.82) is 0 Å². The number of ether oxygens (including phenoxy) is 1. The lowest BCUT2D eigenvalue weighted by molar-refractivity contribution is 0.0200. The second-order valence-electron chi connectivity index (χ2n) is 3.48. The summed E-state index contributed by atoms with van der Waals surface area (Å²) in [5, 5.41) is 8.49. The topological polar surface area (TPSA) is 49.8 Å². The molecule has 1 N–H and O–H groups in total. The minimum absolute atomic E-state index is 0.452. The zero-order valence-corrected chi connectivity index (χ0v) is 8.35. The third-order valence-corrected chi connectivity index (χ3v) is 2.58. The van der Waals surface area contributed by atoms with Gasteiger partial charge in [0, 0.05) is 13.1 Å². The average Bonchev–Trinajstić information content (AvgIpc) is 2.29. The molecule has 0 atom stereocenters. The summed E-state index contributed by atoms with van der Waals surface area (Å²) in [7, 11) is 0. The number of fused-ring (bicyclic) bond motifs is 1. The second-order valence-corrected chi connectivity index (χ2v) is 3.48. The molecule has 1 heterocycles. The first-order valence-electron chi connectivity index (χ1n) is 4.90. The third-order valence-electron chi connectivity index (χ3n) is 2.58. The molecule has 0 spiro atoms. The molecule has 0 aliphatic carbocycles. The molecule has 4 heteroatoms. The predicted molar refractivity (Wildman–Crippen MR) is 54.1 cm³/mol. The van der Waals surface area contributed by atoms with Crippen LogP contribution in [0.25, 0.3) is 0 Å². The summed E-state index contributed by atoms with van der Waals surface area (Å²) < 4.78 is 4.54. The van der Waals surface area contributed by atoms with Crippen LogP contribution >= 0.6 is 0 Å².